The van der Waals surface area contributed by atoms with Crippen LogP contribution in [0.3, 0.4) is 0 Å². The van der Waals surface area contributed by atoms with Crippen LogP contribution in [0.2, 0.25) is 0 Å². The standard InChI is InChI=1S/C23H28N6O2/c1-26(2)19-11-12-20-21(14-19)28(4)23(27(20)3)25-24-17-7-9-18(10-8-17)29-13-5-6-16(15-29)22(30)31/h7-12,14,16H,5-6,13,15H2,1-4H3. The zero-order valence-electron chi connectivity index (χ0n) is 18.4. The summed E-state index contributed by atoms with van der Waals surface area (Å²) in [4.78, 5) is 15.4. The molecule has 0 bridgehead atoms. The van der Waals surface area contributed by atoms with Crippen molar-refractivity contribution in [3.05, 3.63) is 42.5 Å². The molecule has 0 radical (unpaired) electrons. The number of carbonyl (C=O) groups excluding carboxylic acids is 1. The number of azo groups is 1. The van der Waals surface area contributed by atoms with Crippen LogP contribution >= 0.6 is 0 Å². The maximum absolute atomic E-state index is 11.2. The van der Waals surface area contributed by atoms with Gasteiger partial charge in [-0.25, -0.2) is 9.13 Å². The third-order valence-corrected chi connectivity index (χ3v) is 6.02. The molecule has 3 aromatic rings. The lowest BCUT2D eigenvalue weighted by atomic mass is 9.98. The van der Waals surface area contributed by atoms with Crippen molar-refractivity contribution in [2.45, 2.75) is 12.8 Å². The Bertz CT molecular complexity index is 1130. The van der Waals surface area contributed by atoms with Crippen LogP contribution in [0.5, 0.6) is 0 Å². The highest BCUT2D eigenvalue weighted by molar-refractivity contribution is 5.78. The molecule has 1 fully saturated rings. The number of anilines is 2. The van der Waals surface area contributed by atoms with E-state index in [9.17, 15) is 9.90 Å². The summed E-state index contributed by atoms with van der Waals surface area (Å²) >= 11 is 0. The number of benzene rings is 2. The van der Waals surface area contributed by atoms with Gasteiger partial charge in [0.2, 0.25) is 0 Å². The summed E-state index contributed by atoms with van der Waals surface area (Å²) in [5, 5.41) is 20.1. The number of fused-ring (bicyclic) bond motifs is 1. The van der Waals surface area contributed by atoms with Crippen LogP contribution in [0.4, 0.5) is 23.0 Å². The average molecular weight is 421 g/mol. The van der Waals surface area contributed by atoms with Gasteiger partial charge in [0, 0.05) is 61.6 Å². The predicted molar refractivity (Wildman–Crippen MR) is 119 cm³/mol. The van der Waals surface area contributed by atoms with E-state index in [-0.39, 0.29) is 0 Å². The summed E-state index contributed by atoms with van der Waals surface area (Å²) in [6.07, 6.45) is 1.54. The van der Waals surface area contributed by atoms with Crippen molar-refractivity contribution >= 4 is 40.0 Å². The fourth-order valence-corrected chi connectivity index (χ4v) is 4.15. The normalized spacial score (nSPS) is 16.9. The lowest BCUT2D eigenvalue weighted by molar-refractivity contribution is -0.632. The van der Waals surface area contributed by atoms with Crippen molar-refractivity contribution < 1.29 is 14.5 Å². The molecule has 1 aliphatic heterocycles. The number of piperidine rings is 1. The van der Waals surface area contributed by atoms with E-state index >= 15 is 0 Å². The number of aromatic nitrogens is 2. The van der Waals surface area contributed by atoms with Gasteiger partial charge in [0.1, 0.15) is 16.7 Å². The predicted octanol–water partition coefficient (Wildman–Crippen LogP) is 2.45. The lowest BCUT2D eigenvalue weighted by Crippen LogP contribution is -2.43. The second-order valence-corrected chi connectivity index (χ2v) is 8.31. The van der Waals surface area contributed by atoms with Gasteiger partial charge in [-0.15, -0.1) is 0 Å². The number of aliphatic carboxylic acids is 1. The van der Waals surface area contributed by atoms with Gasteiger partial charge in [-0.05, 0) is 49.2 Å². The number of hydrogen-bond donors (Lipinski definition) is 0. The number of imidazole rings is 1. The van der Waals surface area contributed by atoms with Crippen molar-refractivity contribution in [2.75, 3.05) is 37.0 Å². The van der Waals surface area contributed by atoms with Crippen molar-refractivity contribution in [1.29, 1.82) is 0 Å². The summed E-state index contributed by atoms with van der Waals surface area (Å²) in [5.74, 6) is -0.619. The van der Waals surface area contributed by atoms with Crippen molar-refractivity contribution in [3.63, 3.8) is 0 Å². The minimum absolute atomic E-state index is 0.410. The molecule has 8 heteroatoms. The SMILES string of the molecule is CN(C)c1ccc2c(c1)n(C)c(N=Nc1ccc(N3CCCC(C(=O)[O-])C3)cc1)[n+]2C. The fraction of sp³-hybridized carbons (Fsp3) is 0.391. The van der Waals surface area contributed by atoms with Crippen LogP contribution in [-0.2, 0) is 18.9 Å². The van der Waals surface area contributed by atoms with Gasteiger partial charge in [0.25, 0.3) is 0 Å². The van der Waals surface area contributed by atoms with E-state index in [0.29, 0.717) is 13.0 Å². The monoisotopic (exact) mass is 420 g/mol. The number of rotatable bonds is 5. The molecule has 8 nitrogen and oxygen atoms in total. The van der Waals surface area contributed by atoms with Crippen molar-refractivity contribution in [3.8, 4) is 0 Å². The molecule has 31 heavy (non-hydrogen) atoms. The summed E-state index contributed by atoms with van der Waals surface area (Å²) < 4.78 is 4.06. The molecule has 162 valence electrons. The van der Waals surface area contributed by atoms with E-state index in [1.54, 1.807) is 0 Å². The number of aryl methyl sites for hydroxylation is 2. The number of carboxylic acid groups (broad SMARTS) is 1. The molecule has 0 aliphatic carbocycles. The Balaban J connectivity index is 1.55. The van der Waals surface area contributed by atoms with Crippen molar-refractivity contribution in [1.82, 2.24) is 4.57 Å². The van der Waals surface area contributed by atoms with Gasteiger partial charge in [-0.2, -0.15) is 0 Å². The molecular formula is C23H28N6O2. The average Bonchev–Trinajstić information content (AvgIpc) is 3.02. The number of carbonyl (C=O) groups is 1. The summed E-state index contributed by atoms with van der Waals surface area (Å²) in [5.41, 5.74) is 5.05. The van der Waals surface area contributed by atoms with Crippen LogP contribution < -0.4 is 19.5 Å². The Hall–Kier alpha value is -3.42. The van der Waals surface area contributed by atoms with Gasteiger partial charge >= 0.3 is 5.95 Å². The van der Waals surface area contributed by atoms with Crippen LogP contribution in [0.25, 0.3) is 11.0 Å². The summed E-state index contributed by atoms with van der Waals surface area (Å²) in [7, 11) is 8.02. The zero-order valence-corrected chi connectivity index (χ0v) is 18.4. The first-order valence-corrected chi connectivity index (χ1v) is 10.5. The highest BCUT2D eigenvalue weighted by Crippen LogP contribution is 2.27. The van der Waals surface area contributed by atoms with E-state index in [0.717, 1.165) is 47.0 Å². The fourth-order valence-electron chi connectivity index (χ4n) is 4.15. The van der Waals surface area contributed by atoms with Crippen LogP contribution in [0.15, 0.2) is 52.7 Å². The first-order chi connectivity index (χ1) is 14.8. The van der Waals surface area contributed by atoms with E-state index in [4.69, 9.17) is 0 Å². The first-order valence-electron chi connectivity index (χ1n) is 10.5. The smallest absolute Gasteiger partial charge is 0.422 e. The van der Waals surface area contributed by atoms with Crippen LogP contribution in [0, 0.1) is 5.92 Å². The quantitative estimate of drug-likeness (QED) is 0.469. The third kappa shape index (κ3) is 4.10. The van der Waals surface area contributed by atoms with Gasteiger partial charge in [0.05, 0.1) is 14.1 Å². The molecular weight excluding hydrogens is 392 g/mol. The molecule has 0 amide bonds. The molecule has 1 aliphatic rings. The zero-order chi connectivity index (χ0) is 22.1. The first kappa shape index (κ1) is 20.8. The topological polar surface area (TPSA) is 80.1 Å². The second-order valence-electron chi connectivity index (χ2n) is 8.31. The van der Waals surface area contributed by atoms with Crippen LogP contribution in [0.1, 0.15) is 12.8 Å². The van der Waals surface area contributed by atoms with Gasteiger partial charge in [-0.3, -0.25) is 0 Å². The molecule has 1 unspecified atom stereocenters. The molecule has 1 saturated heterocycles. The minimum atomic E-state index is -0.962. The summed E-state index contributed by atoms with van der Waals surface area (Å²) in [6, 6.07) is 14.1. The van der Waals surface area contributed by atoms with E-state index < -0.39 is 11.9 Å². The number of hydrogen-bond acceptors (Lipinski definition) is 6. The van der Waals surface area contributed by atoms with Crippen molar-refractivity contribution in [2.24, 2.45) is 30.2 Å². The Kier molecular flexibility index (Phi) is 5.63. The molecule has 1 aromatic heterocycles. The number of nitrogens with zero attached hydrogens (tertiary/aromatic N) is 6. The largest absolute Gasteiger partial charge is 0.550 e. The number of carboxylic acids is 1. The maximum atomic E-state index is 11.2. The second kappa shape index (κ2) is 8.37. The Labute approximate surface area is 182 Å². The Morgan fingerprint density at radius 2 is 1.90 bits per heavy atom. The molecule has 1 atom stereocenters. The Morgan fingerprint density at radius 3 is 2.58 bits per heavy atom. The van der Waals surface area contributed by atoms with Gasteiger partial charge in [-0.1, -0.05) is 5.11 Å². The van der Waals surface area contributed by atoms with Gasteiger partial charge < -0.3 is 19.7 Å². The molecule has 2 heterocycles. The molecule has 0 N–H and O–H groups in total. The molecule has 0 saturated carbocycles. The lowest BCUT2D eigenvalue weighted by Gasteiger charge is -2.34. The van der Waals surface area contributed by atoms with Gasteiger partial charge in [0.15, 0.2) is 0 Å². The van der Waals surface area contributed by atoms with E-state index in [2.05, 4.69) is 38.2 Å². The Morgan fingerprint density at radius 1 is 1.16 bits per heavy atom. The third-order valence-electron chi connectivity index (χ3n) is 6.02. The van der Waals surface area contributed by atoms with E-state index in [1.165, 1.54) is 0 Å². The summed E-state index contributed by atoms with van der Waals surface area (Å²) in [6.45, 7) is 1.34. The van der Waals surface area contributed by atoms with Crippen LogP contribution in [-0.4, -0.2) is 37.7 Å². The molecule has 4 rings (SSSR count). The minimum Gasteiger partial charge on any atom is -0.550 e. The molecule has 0 spiro atoms. The molecule has 2 aromatic carbocycles. The highest BCUT2D eigenvalue weighted by atomic mass is 16.4. The maximum Gasteiger partial charge on any atom is 0.422 e. The van der Waals surface area contributed by atoms with E-state index in [1.807, 2.05) is 61.6 Å². The highest BCUT2D eigenvalue weighted by Gasteiger charge is 2.22.